The summed E-state index contributed by atoms with van der Waals surface area (Å²) in [6, 6.07) is 0. The standard InChI is InChI=1S/C4H12BP/c1-3(2)4(5)6/h3-4H,5-6H2,1-2H3. The first-order valence-electron chi connectivity index (χ1n) is 2.40. The van der Waals surface area contributed by atoms with Gasteiger partial charge in [-0.25, -0.2) is 0 Å². The molecule has 2 atom stereocenters. The van der Waals surface area contributed by atoms with Gasteiger partial charge in [0.25, 0.3) is 0 Å². The molecule has 0 rings (SSSR count). The quantitative estimate of drug-likeness (QED) is 0.333. The van der Waals surface area contributed by atoms with Gasteiger partial charge < -0.3 is 0 Å². The highest BCUT2D eigenvalue weighted by Gasteiger charge is 1.96. The lowest BCUT2D eigenvalue weighted by Crippen LogP contribution is -2.04. The van der Waals surface area contributed by atoms with E-state index in [1.807, 2.05) is 0 Å². The van der Waals surface area contributed by atoms with Crippen molar-refractivity contribution < 1.29 is 0 Å². The second-order valence-corrected chi connectivity index (χ2v) is 3.15. The lowest BCUT2D eigenvalue weighted by atomic mass is 9.93. The predicted octanol–water partition coefficient (Wildman–Crippen LogP) is 0.477. The molecule has 0 radical (unpaired) electrons. The zero-order valence-electron chi connectivity index (χ0n) is 4.73. The summed E-state index contributed by atoms with van der Waals surface area (Å²) in [7, 11) is 4.98. The third-order valence-electron chi connectivity index (χ3n) is 1.05. The van der Waals surface area contributed by atoms with Gasteiger partial charge in [-0.3, -0.25) is 0 Å². The molecule has 0 aliphatic rings. The van der Waals surface area contributed by atoms with Crippen molar-refractivity contribution in [3.63, 3.8) is 0 Å². The normalized spacial score (nSPS) is 15.3. The van der Waals surface area contributed by atoms with Gasteiger partial charge in [0.15, 0.2) is 0 Å². The Morgan fingerprint density at radius 2 is 1.67 bits per heavy atom. The highest BCUT2D eigenvalue weighted by molar-refractivity contribution is 7.20. The largest absolute Gasteiger partial charge is 0.142 e. The number of hydrogen-bond acceptors (Lipinski definition) is 0. The molecular formula is C4H12BP. The van der Waals surface area contributed by atoms with Crippen LogP contribution < -0.4 is 0 Å². The molecule has 0 aromatic carbocycles. The van der Waals surface area contributed by atoms with E-state index in [9.17, 15) is 0 Å². The minimum atomic E-state index is 0.769. The molecule has 36 valence electrons. The van der Waals surface area contributed by atoms with Gasteiger partial charge in [-0.1, -0.05) is 19.4 Å². The van der Waals surface area contributed by atoms with Crippen molar-refractivity contribution in [3.8, 4) is 0 Å². The van der Waals surface area contributed by atoms with E-state index in [4.69, 9.17) is 0 Å². The summed E-state index contributed by atoms with van der Waals surface area (Å²) in [4.78, 5) is 0. The topological polar surface area (TPSA) is 0 Å². The minimum absolute atomic E-state index is 0.769. The van der Waals surface area contributed by atoms with Crippen molar-refractivity contribution in [1.82, 2.24) is 0 Å². The van der Waals surface area contributed by atoms with Crippen LogP contribution in [0.1, 0.15) is 13.8 Å². The molecule has 6 heavy (non-hydrogen) atoms. The molecule has 2 heteroatoms. The number of hydrogen-bond donors (Lipinski definition) is 0. The van der Waals surface area contributed by atoms with Crippen molar-refractivity contribution in [3.05, 3.63) is 0 Å². The minimum Gasteiger partial charge on any atom is -0.142 e. The second-order valence-electron chi connectivity index (χ2n) is 2.10. The van der Waals surface area contributed by atoms with Crippen LogP contribution in [-0.2, 0) is 0 Å². The van der Waals surface area contributed by atoms with Crippen molar-refractivity contribution in [2.75, 3.05) is 0 Å². The molecule has 0 aliphatic carbocycles. The molecular weight excluding hydrogens is 89.8 g/mol. The summed E-state index contributed by atoms with van der Waals surface area (Å²) in [6.07, 6.45) is 0. The molecule has 0 nitrogen and oxygen atoms in total. The van der Waals surface area contributed by atoms with Crippen molar-refractivity contribution in [1.29, 1.82) is 0 Å². The molecule has 0 amide bonds. The van der Waals surface area contributed by atoms with E-state index in [0.29, 0.717) is 0 Å². The van der Waals surface area contributed by atoms with E-state index >= 15 is 0 Å². The number of rotatable bonds is 1. The van der Waals surface area contributed by atoms with E-state index < -0.39 is 0 Å². The maximum Gasteiger partial charge on any atom is 0.110 e. The molecule has 0 aromatic rings. The fourth-order valence-electron chi connectivity index (χ4n) is 0. The maximum atomic E-state index is 2.77. The smallest absolute Gasteiger partial charge is 0.110 e. The van der Waals surface area contributed by atoms with Gasteiger partial charge in [-0.15, -0.1) is 9.24 Å². The van der Waals surface area contributed by atoms with Crippen LogP contribution in [-0.4, -0.2) is 13.4 Å². The van der Waals surface area contributed by atoms with Crippen molar-refractivity contribution in [2.45, 2.75) is 19.4 Å². The Bertz CT molecular complexity index is 28.5. The van der Waals surface area contributed by atoms with Crippen molar-refractivity contribution in [2.24, 2.45) is 5.92 Å². The van der Waals surface area contributed by atoms with Crippen LogP contribution >= 0.6 is 9.24 Å². The maximum absolute atomic E-state index is 2.77. The van der Waals surface area contributed by atoms with Gasteiger partial charge in [-0.05, 0) is 5.92 Å². The van der Waals surface area contributed by atoms with Gasteiger partial charge in [0, 0.05) is 0 Å². The van der Waals surface area contributed by atoms with E-state index in [1.165, 1.54) is 0 Å². The fraction of sp³-hybridized carbons (Fsp3) is 1.00. The Balaban J connectivity index is 2.99. The van der Waals surface area contributed by atoms with Crippen LogP contribution in [0.4, 0.5) is 0 Å². The average molecular weight is 102 g/mol. The molecule has 0 aliphatic heterocycles. The highest BCUT2D eigenvalue weighted by atomic mass is 31.0. The fourth-order valence-corrected chi connectivity index (χ4v) is 0. The van der Waals surface area contributed by atoms with Crippen LogP contribution in [0.25, 0.3) is 0 Å². The van der Waals surface area contributed by atoms with Gasteiger partial charge in [0.1, 0.15) is 7.85 Å². The predicted molar refractivity (Wildman–Crippen MR) is 36.9 cm³/mol. The Labute approximate surface area is 43.3 Å². The molecule has 0 saturated heterocycles. The van der Waals surface area contributed by atoms with Gasteiger partial charge in [0.2, 0.25) is 0 Å². The molecule has 0 N–H and O–H groups in total. The SMILES string of the molecule is BC(P)C(C)C. The van der Waals surface area contributed by atoms with E-state index in [2.05, 4.69) is 30.9 Å². The molecule has 0 fully saturated rings. The molecule has 0 spiro atoms. The molecule has 0 saturated carbocycles. The first-order valence-corrected chi connectivity index (χ1v) is 3.07. The summed E-state index contributed by atoms with van der Waals surface area (Å²) in [5, 5.41) is 0. The van der Waals surface area contributed by atoms with Crippen LogP contribution in [0, 0.1) is 5.92 Å². The molecule has 2 unspecified atom stereocenters. The summed E-state index contributed by atoms with van der Waals surface area (Å²) < 4.78 is 0. The van der Waals surface area contributed by atoms with E-state index in [1.54, 1.807) is 0 Å². The lowest BCUT2D eigenvalue weighted by molar-refractivity contribution is 0.714. The summed E-state index contributed by atoms with van der Waals surface area (Å²) >= 11 is 0. The Hall–Kier alpha value is 0.495. The van der Waals surface area contributed by atoms with Crippen LogP contribution in [0.2, 0.25) is 0 Å². The van der Waals surface area contributed by atoms with Gasteiger partial charge in [0.05, 0.1) is 0 Å². The molecule has 0 heterocycles. The molecule has 0 bridgehead atoms. The molecule has 0 aromatic heterocycles. The van der Waals surface area contributed by atoms with Crippen molar-refractivity contribution >= 4 is 17.1 Å². The third-order valence-corrected chi connectivity index (χ3v) is 1.82. The van der Waals surface area contributed by atoms with Crippen LogP contribution in [0.15, 0.2) is 0 Å². The van der Waals surface area contributed by atoms with Gasteiger partial charge in [-0.2, -0.15) is 0 Å². The summed E-state index contributed by atoms with van der Waals surface area (Å²) in [6.45, 7) is 4.44. The van der Waals surface area contributed by atoms with E-state index in [-0.39, 0.29) is 0 Å². The van der Waals surface area contributed by atoms with Crippen LogP contribution in [0.5, 0.6) is 0 Å². The monoisotopic (exact) mass is 102 g/mol. The zero-order chi connectivity index (χ0) is 5.15. The zero-order valence-corrected chi connectivity index (χ0v) is 5.89. The Morgan fingerprint density at radius 3 is 1.67 bits per heavy atom. The Morgan fingerprint density at radius 1 is 1.50 bits per heavy atom. The summed E-state index contributed by atoms with van der Waals surface area (Å²) in [5.74, 6) is 0.815. The van der Waals surface area contributed by atoms with E-state index in [0.717, 1.165) is 11.5 Å². The highest BCUT2D eigenvalue weighted by Crippen LogP contribution is 2.05. The third kappa shape index (κ3) is 2.72. The second kappa shape index (κ2) is 2.63. The first kappa shape index (κ1) is 6.49. The van der Waals surface area contributed by atoms with Crippen LogP contribution in [0.3, 0.4) is 0 Å². The van der Waals surface area contributed by atoms with Gasteiger partial charge >= 0.3 is 0 Å². The lowest BCUT2D eigenvalue weighted by Gasteiger charge is -2.05. The summed E-state index contributed by atoms with van der Waals surface area (Å²) in [5.41, 5.74) is 0.769. The Kier molecular flexibility index (Phi) is 2.85. The first-order chi connectivity index (χ1) is 2.64. The average Bonchev–Trinajstić information content (AvgIpc) is 1.36.